The minimum absolute atomic E-state index is 0.0911. The first-order valence-electron chi connectivity index (χ1n) is 9.60. The van der Waals surface area contributed by atoms with E-state index in [9.17, 15) is 24.9 Å². The fourth-order valence-electron chi connectivity index (χ4n) is 6.78. The number of hydrogen-bond donors (Lipinski definition) is 3. The van der Waals surface area contributed by atoms with Gasteiger partial charge in [-0.3, -0.25) is 9.59 Å². The highest BCUT2D eigenvalue weighted by molar-refractivity contribution is 5.91. The number of allylic oxidation sites excluding steroid dienone is 1. The van der Waals surface area contributed by atoms with Crippen LogP contribution in [0.3, 0.4) is 0 Å². The maximum atomic E-state index is 12.2. The van der Waals surface area contributed by atoms with E-state index in [4.69, 9.17) is 0 Å². The Bertz CT molecular complexity index is 640. The van der Waals surface area contributed by atoms with Gasteiger partial charge in [-0.05, 0) is 67.8 Å². The second-order valence-electron chi connectivity index (χ2n) is 8.90. The SMILES string of the molecule is C[C@]12CCC(=O)C=C1CC[C@H]1C3CC[C@](O)(C(=O)CO)C3C[C@H](O)[C@@H]12. The van der Waals surface area contributed by atoms with Crippen molar-refractivity contribution in [1.29, 1.82) is 0 Å². The molecule has 4 aliphatic carbocycles. The molecule has 2 unspecified atom stereocenters. The summed E-state index contributed by atoms with van der Waals surface area (Å²) in [4.78, 5) is 24.0. The Labute approximate surface area is 148 Å². The molecule has 0 amide bonds. The van der Waals surface area contributed by atoms with Gasteiger partial charge in [-0.1, -0.05) is 12.5 Å². The van der Waals surface area contributed by atoms with Crippen LogP contribution in [0.5, 0.6) is 0 Å². The minimum atomic E-state index is -1.48. The molecular formula is C20H28O5. The molecule has 0 aromatic carbocycles. The third kappa shape index (κ3) is 2.32. The molecule has 0 heterocycles. The van der Waals surface area contributed by atoms with Crippen LogP contribution in [-0.2, 0) is 9.59 Å². The molecule has 5 heteroatoms. The van der Waals surface area contributed by atoms with Crippen molar-refractivity contribution >= 4 is 11.6 Å². The Kier molecular flexibility index (Phi) is 3.98. The molecule has 4 rings (SSSR count). The molecule has 0 aromatic heterocycles. The van der Waals surface area contributed by atoms with Gasteiger partial charge in [0.25, 0.3) is 0 Å². The van der Waals surface area contributed by atoms with Crippen molar-refractivity contribution in [1.82, 2.24) is 0 Å². The van der Waals surface area contributed by atoms with E-state index in [1.807, 2.05) is 0 Å². The van der Waals surface area contributed by atoms with E-state index in [0.29, 0.717) is 19.3 Å². The van der Waals surface area contributed by atoms with Gasteiger partial charge in [0.2, 0.25) is 0 Å². The van der Waals surface area contributed by atoms with E-state index in [1.165, 1.54) is 5.57 Å². The molecule has 25 heavy (non-hydrogen) atoms. The molecule has 138 valence electrons. The lowest BCUT2D eigenvalue weighted by Crippen LogP contribution is -2.57. The van der Waals surface area contributed by atoms with E-state index in [-0.39, 0.29) is 34.9 Å². The van der Waals surface area contributed by atoms with E-state index < -0.39 is 24.1 Å². The van der Waals surface area contributed by atoms with Gasteiger partial charge in [-0.25, -0.2) is 0 Å². The smallest absolute Gasteiger partial charge is 0.189 e. The Morgan fingerprint density at radius 3 is 2.72 bits per heavy atom. The summed E-state index contributed by atoms with van der Waals surface area (Å²) in [6, 6.07) is 0. The lowest BCUT2D eigenvalue weighted by molar-refractivity contribution is -0.157. The average molecular weight is 348 g/mol. The molecule has 0 spiro atoms. The summed E-state index contributed by atoms with van der Waals surface area (Å²) < 4.78 is 0. The van der Waals surface area contributed by atoms with E-state index in [1.54, 1.807) is 6.08 Å². The Balaban J connectivity index is 1.68. The zero-order valence-corrected chi connectivity index (χ0v) is 14.8. The molecule has 3 saturated carbocycles. The summed E-state index contributed by atoms with van der Waals surface area (Å²) in [5, 5.41) is 31.2. The highest BCUT2D eigenvalue weighted by Gasteiger charge is 2.62. The average Bonchev–Trinajstić information content (AvgIpc) is 2.92. The summed E-state index contributed by atoms with van der Waals surface area (Å²) in [6.45, 7) is 1.54. The standard InChI is InChI=1S/C20H28O5/c1-19-6-4-12(22)8-11(19)2-3-14-13-5-7-20(25,17(24)10-21)15(13)9-16(23)18(14)19/h8,13-16,18,21,23,25H,2-7,9-10H2,1H3/t13?,14-,15?,16-,18+,19-,20+/m0/s1. The molecular weight excluding hydrogens is 320 g/mol. The van der Waals surface area contributed by atoms with Gasteiger partial charge in [-0.15, -0.1) is 0 Å². The first kappa shape index (κ1) is 17.4. The van der Waals surface area contributed by atoms with Crippen molar-refractivity contribution in [2.75, 3.05) is 6.61 Å². The number of aliphatic hydroxyl groups excluding tert-OH is 2. The van der Waals surface area contributed by atoms with Crippen LogP contribution >= 0.6 is 0 Å². The van der Waals surface area contributed by atoms with Crippen LogP contribution in [0.25, 0.3) is 0 Å². The van der Waals surface area contributed by atoms with Gasteiger partial charge in [0.15, 0.2) is 11.6 Å². The zero-order valence-electron chi connectivity index (χ0n) is 14.8. The van der Waals surface area contributed by atoms with Crippen molar-refractivity contribution < 1.29 is 24.9 Å². The number of carbonyl (C=O) groups excluding carboxylic acids is 2. The number of aliphatic hydroxyl groups is 3. The minimum Gasteiger partial charge on any atom is -0.393 e. The fourth-order valence-corrected chi connectivity index (χ4v) is 6.78. The number of Topliss-reactive ketones (excluding diaryl/α,β-unsaturated/α-hetero) is 1. The predicted molar refractivity (Wildman–Crippen MR) is 90.5 cm³/mol. The fraction of sp³-hybridized carbons (Fsp3) is 0.800. The Hall–Kier alpha value is -1.04. The second-order valence-corrected chi connectivity index (χ2v) is 8.90. The molecule has 0 saturated heterocycles. The zero-order chi connectivity index (χ0) is 18.0. The molecule has 5 nitrogen and oxygen atoms in total. The van der Waals surface area contributed by atoms with Crippen molar-refractivity contribution in [2.24, 2.45) is 29.1 Å². The molecule has 0 radical (unpaired) electrons. The molecule has 0 bridgehead atoms. The lowest BCUT2D eigenvalue weighted by Gasteiger charge is -2.57. The maximum absolute atomic E-state index is 12.2. The van der Waals surface area contributed by atoms with Crippen molar-refractivity contribution in [3.8, 4) is 0 Å². The van der Waals surface area contributed by atoms with Crippen LogP contribution in [0.15, 0.2) is 11.6 Å². The van der Waals surface area contributed by atoms with Crippen LogP contribution in [0.4, 0.5) is 0 Å². The topological polar surface area (TPSA) is 94.8 Å². The maximum Gasteiger partial charge on any atom is 0.189 e. The highest BCUT2D eigenvalue weighted by Crippen LogP contribution is 2.63. The monoisotopic (exact) mass is 348 g/mol. The van der Waals surface area contributed by atoms with Crippen molar-refractivity contribution in [3.05, 3.63) is 11.6 Å². The first-order valence-corrected chi connectivity index (χ1v) is 9.60. The molecule has 7 atom stereocenters. The van der Waals surface area contributed by atoms with Crippen LogP contribution in [0, 0.1) is 29.1 Å². The largest absolute Gasteiger partial charge is 0.393 e. The van der Waals surface area contributed by atoms with E-state index in [2.05, 4.69) is 6.92 Å². The summed E-state index contributed by atoms with van der Waals surface area (Å²) in [5.41, 5.74) is -0.449. The summed E-state index contributed by atoms with van der Waals surface area (Å²) in [6.07, 6.45) is 5.88. The number of ketones is 2. The van der Waals surface area contributed by atoms with Gasteiger partial charge in [-0.2, -0.15) is 0 Å². The van der Waals surface area contributed by atoms with Gasteiger partial charge in [0, 0.05) is 12.3 Å². The van der Waals surface area contributed by atoms with Gasteiger partial charge in [0.1, 0.15) is 12.2 Å². The lowest BCUT2D eigenvalue weighted by atomic mass is 9.48. The van der Waals surface area contributed by atoms with Crippen molar-refractivity contribution in [2.45, 2.75) is 63.6 Å². The number of fused-ring (bicyclic) bond motifs is 5. The van der Waals surface area contributed by atoms with E-state index >= 15 is 0 Å². The molecule has 0 aliphatic heterocycles. The van der Waals surface area contributed by atoms with Crippen LogP contribution in [0.2, 0.25) is 0 Å². The van der Waals surface area contributed by atoms with Crippen LogP contribution in [-0.4, -0.2) is 45.2 Å². The summed E-state index contributed by atoms with van der Waals surface area (Å²) in [5.74, 6) is 0.0000996. The Morgan fingerprint density at radius 1 is 1.24 bits per heavy atom. The van der Waals surface area contributed by atoms with Gasteiger partial charge < -0.3 is 15.3 Å². The molecule has 4 aliphatic rings. The number of rotatable bonds is 2. The number of hydrogen-bond acceptors (Lipinski definition) is 5. The number of carbonyl (C=O) groups is 2. The molecule has 0 aromatic rings. The van der Waals surface area contributed by atoms with Gasteiger partial charge >= 0.3 is 0 Å². The summed E-state index contributed by atoms with van der Waals surface area (Å²) in [7, 11) is 0. The highest BCUT2D eigenvalue weighted by atomic mass is 16.3. The normalized spacial score (nSPS) is 49.0. The van der Waals surface area contributed by atoms with Crippen molar-refractivity contribution in [3.63, 3.8) is 0 Å². The Morgan fingerprint density at radius 2 is 2.00 bits per heavy atom. The third-order valence-corrected chi connectivity index (χ3v) is 7.98. The first-order chi connectivity index (χ1) is 11.8. The van der Waals surface area contributed by atoms with Crippen LogP contribution < -0.4 is 0 Å². The van der Waals surface area contributed by atoms with Crippen LogP contribution in [0.1, 0.15) is 51.9 Å². The van der Waals surface area contributed by atoms with Gasteiger partial charge in [0.05, 0.1) is 6.10 Å². The summed E-state index contributed by atoms with van der Waals surface area (Å²) >= 11 is 0. The quantitative estimate of drug-likeness (QED) is 0.701. The molecule has 3 fully saturated rings. The third-order valence-electron chi connectivity index (χ3n) is 7.98. The predicted octanol–water partition coefficient (Wildman–Crippen LogP) is 1.39. The van der Waals surface area contributed by atoms with E-state index in [0.717, 1.165) is 25.7 Å². The second kappa shape index (κ2) is 5.73. The molecule has 3 N–H and O–H groups in total.